The number of hydrogen-bond acceptors (Lipinski definition) is 4. The Labute approximate surface area is 123 Å². The molecule has 0 aliphatic carbocycles. The molecule has 0 unspecified atom stereocenters. The fraction of sp³-hybridized carbons (Fsp3) is 0.933. The molecule has 1 N–H and O–H groups in total. The molecule has 0 aromatic rings. The van der Waals surface area contributed by atoms with Crippen molar-refractivity contribution in [2.75, 3.05) is 52.9 Å². The van der Waals surface area contributed by atoms with E-state index in [1.807, 2.05) is 0 Å². The maximum atomic E-state index is 13.0. The van der Waals surface area contributed by atoms with Crippen LogP contribution in [0.25, 0.3) is 0 Å². The molecule has 0 aromatic carbocycles. The summed E-state index contributed by atoms with van der Waals surface area (Å²) in [7, 11) is 2.14. The van der Waals surface area contributed by atoms with Gasteiger partial charge in [0.25, 0.3) is 0 Å². The number of piperazine rings is 2. The molecule has 5 nitrogen and oxygen atoms in total. The molecule has 20 heavy (non-hydrogen) atoms. The molecule has 2 fully saturated rings. The van der Waals surface area contributed by atoms with Crippen LogP contribution >= 0.6 is 0 Å². The van der Waals surface area contributed by atoms with E-state index in [4.69, 9.17) is 0 Å². The molecular weight excluding hydrogens is 252 g/mol. The van der Waals surface area contributed by atoms with E-state index in [1.165, 1.54) is 0 Å². The van der Waals surface area contributed by atoms with E-state index in [2.05, 4.69) is 54.8 Å². The smallest absolute Gasteiger partial charge is 0.242 e. The Balaban J connectivity index is 2.06. The van der Waals surface area contributed by atoms with Crippen LogP contribution in [0.4, 0.5) is 0 Å². The fourth-order valence-corrected chi connectivity index (χ4v) is 3.16. The van der Waals surface area contributed by atoms with Crippen molar-refractivity contribution in [1.29, 1.82) is 0 Å². The first-order chi connectivity index (χ1) is 9.25. The van der Waals surface area contributed by atoms with Gasteiger partial charge >= 0.3 is 0 Å². The van der Waals surface area contributed by atoms with E-state index in [0.29, 0.717) is 0 Å². The zero-order valence-electron chi connectivity index (χ0n) is 13.7. The summed E-state index contributed by atoms with van der Waals surface area (Å²) in [6, 6.07) is 0. The number of hydrogen-bond donors (Lipinski definition) is 1. The van der Waals surface area contributed by atoms with Gasteiger partial charge < -0.3 is 10.2 Å². The van der Waals surface area contributed by atoms with Crippen LogP contribution in [0.2, 0.25) is 0 Å². The van der Waals surface area contributed by atoms with Crippen LogP contribution in [0.3, 0.4) is 0 Å². The summed E-state index contributed by atoms with van der Waals surface area (Å²) in [5.41, 5.74) is -0.332. The molecule has 116 valence electrons. The molecule has 0 atom stereocenters. The maximum absolute atomic E-state index is 13.0. The van der Waals surface area contributed by atoms with Gasteiger partial charge in [0, 0.05) is 51.4 Å². The average molecular weight is 282 g/mol. The Morgan fingerprint density at radius 1 is 1.10 bits per heavy atom. The minimum absolute atomic E-state index is 0.0629. The lowest BCUT2D eigenvalue weighted by Gasteiger charge is -2.49. The first kappa shape index (κ1) is 15.7. The number of carbonyl (C=O) groups excluding carboxylic acids is 1. The van der Waals surface area contributed by atoms with Gasteiger partial charge in [-0.15, -0.1) is 0 Å². The number of rotatable bonds is 2. The molecule has 0 saturated carbocycles. The van der Waals surface area contributed by atoms with Gasteiger partial charge in [0.1, 0.15) is 0 Å². The minimum Gasteiger partial charge on any atom is -0.338 e. The van der Waals surface area contributed by atoms with Crippen LogP contribution in [-0.2, 0) is 4.79 Å². The Morgan fingerprint density at radius 2 is 1.70 bits per heavy atom. The monoisotopic (exact) mass is 282 g/mol. The van der Waals surface area contributed by atoms with Crippen molar-refractivity contribution in [3.8, 4) is 0 Å². The van der Waals surface area contributed by atoms with Crippen molar-refractivity contribution in [2.45, 2.75) is 38.8 Å². The topological polar surface area (TPSA) is 38.8 Å². The first-order valence-electron chi connectivity index (χ1n) is 7.71. The third kappa shape index (κ3) is 3.00. The van der Waals surface area contributed by atoms with E-state index >= 15 is 0 Å². The highest BCUT2D eigenvalue weighted by Gasteiger charge is 2.41. The number of carbonyl (C=O) groups is 1. The molecule has 0 bridgehead atoms. The number of amides is 1. The van der Waals surface area contributed by atoms with Gasteiger partial charge in [0.15, 0.2) is 0 Å². The zero-order chi connectivity index (χ0) is 15.0. The van der Waals surface area contributed by atoms with Gasteiger partial charge in [0.05, 0.1) is 5.54 Å². The highest BCUT2D eigenvalue weighted by molar-refractivity contribution is 5.85. The second kappa shape index (κ2) is 5.62. The largest absolute Gasteiger partial charge is 0.338 e. The number of nitrogens with zero attached hydrogens (tertiary/aromatic N) is 3. The van der Waals surface area contributed by atoms with Gasteiger partial charge in [0.2, 0.25) is 5.91 Å². The summed E-state index contributed by atoms with van der Waals surface area (Å²) in [5.74, 6) is 0.278. The molecule has 1 amide bonds. The van der Waals surface area contributed by atoms with Crippen molar-refractivity contribution in [3.05, 3.63) is 0 Å². The average Bonchev–Trinajstić information content (AvgIpc) is 2.42. The SMILES string of the molecule is CN1CCN(C(=O)C(C)(C)N2CCNCC2)CC1(C)C. The van der Waals surface area contributed by atoms with E-state index in [1.54, 1.807) is 0 Å². The van der Waals surface area contributed by atoms with Gasteiger partial charge in [-0.05, 0) is 34.7 Å². The highest BCUT2D eigenvalue weighted by atomic mass is 16.2. The normalized spacial score (nSPS) is 25.8. The minimum atomic E-state index is -0.395. The van der Waals surface area contributed by atoms with Crippen LogP contribution < -0.4 is 5.32 Å². The van der Waals surface area contributed by atoms with Crippen LogP contribution in [-0.4, -0.2) is 84.5 Å². The van der Waals surface area contributed by atoms with Crippen LogP contribution in [0, 0.1) is 0 Å². The molecule has 2 aliphatic rings. The summed E-state index contributed by atoms with van der Waals surface area (Å²) < 4.78 is 0. The van der Waals surface area contributed by atoms with E-state index in [-0.39, 0.29) is 11.4 Å². The molecule has 2 rings (SSSR count). The lowest BCUT2D eigenvalue weighted by atomic mass is 9.95. The summed E-state index contributed by atoms with van der Waals surface area (Å²) in [4.78, 5) is 19.7. The second-order valence-electron chi connectivity index (χ2n) is 7.26. The van der Waals surface area contributed by atoms with Crippen molar-refractivity contribution in [3.63, 3.8) is 0 Å². The molecular formula is C15H30N4O. The van der Waals surface area contributed by atoms with Crippen molar-refractivity contribution in [2.24, 2.45) is 0 Å². The molecule has 0 aromatic heterocycles. The van der Waals surface area contributed by atoms with Gasteiger partial charge in [-0.1, -0.05) is 0 Å². The molecule has 5 heteroatoms. The Kier molecular flexibility index (Phi) is 4.42. The molecule has 0 spiro atoms. The highest BCUT2D eigenvalue weighted by Crippen LogP contribution is 2.24. The van der Waals surface area contributed by atoms with E-state index in [0.717, 1.165) is 45.8 Å². The lowest BCUT2D eigenvalue weighted by Crippen LogP contribution is -2.65. The molecule has 2 saturated heterocycles. The quantitative estimate of drug-likeness (QED) is 0.786. The Hall–Kier alpha value is -0.650. The maximum Gasteiger partial charge on any atom is 0.242 e. The third-order valence-corrected chi connectivity index (χ3v) is 5.03. The van der Waals surface area contributed by atoms with Crippen molar-refractivity contribution in [1.82, 2.24) is 20.0 Å². The van der Waals surface area contributed by atoms with Crippen LogP contribution in [0.1, 0.15) is 27.7 Å². The summed E-state index contributed by atoms with van der Waals surface area (Å²) >= 11 is 0. The van der Waals surface area contributed by atoms with E-state index in [9.17, 15) is 4.79 Å². The van der Waals surface area contributed by atoms with Crippen LogP contribution in [0.15, 0.2) is 0 Å². The first-order valence-corrected chi connectivity index (χ1v) is 7.71. The number of nitrogens with one attached hydrogen (secondary N) is 1. The predicted octanol–water partition coefficient (Wildman–Crippen LogP) is 0.223. The Bertz CT molecular complexity index is 361. The van der Waals surface area contributed by atoms with Gasteiger partial charge in [-0.2, -0.15) is 0 Å². The standard InChI is InChI=1S/C15H30N4O/c1-14(2)12-18(11-10-17(14)5)13(20)15(3,4)19-8-6-16-7-9-19/h16H,6-12H2,1-5H3. The summed E-state index contributed by atoms with van der Waals surface area (Å²) in [6.45, 7) is 15.1. The predicted molar refractivity (Wildman–Crippen MR) is 81.8 cm³/mol. The fourth-order valence-electron chi connectivity index (χ4n) is 3.16. The lowest BCUT2D eigenvalue weighted by molar-refractivity contribution is -0.147. The summed E-state index contributed by atoms with van der Waals surface area (Å²) in [5, 5.41) is 3.35. The van der Waals surface area contributed by atoms with Gasteiger partial charge in [-0.3, -0.25) is 14.6 Å². The molecule has 0 radical (unpaired) electrons. The number of likely N-dealkylation sites (N-methyl/N-ethyl adjacent to an activating group) is 1. The van der Waals surface area contributed by atoms with Crippen molar-refractivity contribution < 1.29 is 4.79 Å². The van der Waals surface area contributed by atoms with Crippen molar-refractivity contribution >= 4 is 5.91 Å². The second-order valence-corrected chi connectivity index (χ2v) is 7.26. The summed E-state index contributed by atoms with van der Waals surface area (Å²) in [6.07, 6.45) is 0. The Morgan fingerprint density at radius 3 is 2.25 bits per heavy atom. The van der Waals surface area contributed by atoms with Crippen LogP contribution in [0.5, 0.6) is 0 Å². The van der Waals surface area contributed by atoms with Gasteiger partial charge in [-0.25, -0.2) is 0 Å². The van der Waals surface area contributed by atoms with E-state index < -0.39 is 5.54 Å². The third-order valence-electron chi connectivity index (χ3n) is 5.03. The molecule has 2 aliphatic heterocycles. The zero-order valence-corrected chi connectivity index (χ0v) is 13.7. The molecule has 2 heterocycles.